The van der Waals surface area contributed by atoms with Gasteiger partial charge in [0.25, 0.3) is 0 Å². The second-order valence-corrected chi connectivity index (χ2v) is 2.68. The lowest BCUT2D eigenvalue weighted by molar-refractivity contribution is 0.186. The van der Waals surface area contributed by atoms with Crippen molar-refractivity contribution in [3.8, 4) is 0 Å². The lowest BCUT2D eigenvalue weighted by Gasteiger charge is -1.96. The summed E-state index contributed by atoms with van der Waals surface area (Å²) in [6, 6.07) is 0. The summed E-state index contributed by atoms with van der Waals surface area (Å²) in [4.78, 5) is 0. The molecule has 0 spiro atoms. The molecule has 0 aromatic rings. The van der Waals surface area contributed by atoms with Crippen LogP contribution in [0.25, 0.3) is 0 Å². The first-order chi connectivity index (χ1) is 4.91. The average Bonchev–Trinajstić information content (AvgIpc) is 1.97. The van der Waals surface area contributed by atoms with Crippen molar-refractivity contribution >= 4 is 0 Å². The predicted octanol–water partition coefficient (Wildman–Crippen LogP) is 2.98. The lowest BCUT2D eigenvalue weighted by Crippen LogP contribution is -1.82. The molecular weight excluding hydrogens is 124 g/mol. The van der Waals surface area contributed by atoms with Crippen LogP contribution >= 0.6 is 0 Å². The third-order valence-electron chi connectivity index (χ3n) is 1.64. The summed E-state index contributed by atoms with van der Waals surface area (Å²) in [5.74, 6) is 0. The van der Waals surface area contributed by atoms with Crippen molar-refractivity contribution in [2.75, 3.05) is 6.61 Å². The Morgan fingerprint density at radius 3 is 1.80 bits per heavy atom. The molecule has 0 unspecified atom stereocenters. The van der Waals surface area contributed by atoms with Gasteiger partial charge in [0.2, 0.25) is 0 Å². The molecule has 1 heteroatoms. The monoisotopic (exact) mass is 142 g/mol. The molecule has 10 heavy (non-hydrogen) atoms. The van der Waals surface area contributed by atoms with E-state index >= 15 is 0 Å². The van der Waals surface area contributed by atoms with Gasteiger partial charge in [-0.1, -0.05) is 45.4 Å². The number of unbranched alkanes of at least 4 members (excludes halogenated alkanes) is 6. The molecule has 0 heterocycles. The molecule has 0 aliphatic rings. The van der Waals surface area contributed by atoms with E-state index < -0.39 is 0 Å². The van der Waals surface area contributed by atoms with E-state index in [2.05, 4.69) is 6.92 Å². The quantitative estimate of drug-likeness (QED) is 0.487. The Morgan fingerprint density at radius 1 is 0.800 bits per heavy atom. The van der Waals surface area contributed by atoms with Crippen molar-refractivity contribution in [1.29, 1.82) is 0 Å². The minimum atomic E-state index is 0.106. The van der Waals surface area contributed by atoms with Crippen molar-refractivity contribution in [3.05, 3.63) is 6.92 Å². The van der Waals surface area contributed by atoms with Gasteiger partial charge in [0.1, 0.15) is 0 Å². The van der Waals surface area contributed by atoms with Crippen LogP contribution in [-0.4, -0.2) is 6.61 Å². The Morgan fingerprint density at radius 2 is 1.30 bits per heavy atom. The van der Waals surface area contributed by atoms with Crippen LogP contribution in [0.4, 0.5) is 0 Å². The van der Waals surface area contributed by atoms with Gasteiger partial charge in [-0.3, -0.25) is 0 Å². The molecule has 0 atom stereocenters. The average molecular weight is 142 g/mol. The Bertz CT molecular complexity index is 44.7. The van der Waals surface area contributed by atoms with Gasteiger partial charge in [0.05, 0.1) is 6.61 Å². The number of rotatable bonds is 7. The highest BCUT2D eigenvalue weighted by Gasteiger charge is 1.88. The van der Waals surface area contributed by atoms with Gasteiger partial charge in [-0.25, -0.2) is 5.11 Å². The summed E-state index contributed by atoms with van der Waals surface area (Å²) in [7, 11) is 0. The molecule has 0 aromatic carbocycles. The van der Waals surface area contributed by atoms with Gasteiger partial charge in [-0.2, -0.15) is 0 Å². The van der Waals surface area contributed by atoms with Crippen molar-refractivity contribution < 1.29 is 5.11 Å². The summed E-state index contributed by atoms with van der Waals surface area (Å²) in [6.45, 7) is 3.88. The maximum atomic E-state index is 10.0. The van der Waals surface area contributed by atoms with Crippen LogP contribution < -0.4 is 0 Å². The molecule has 1 nitrogen and oxygen atoms in total. The van der Waals surface area contributed by atoms with Crippen LogP contribution in [0, 0.1) is 6.92 Å². The molecule has 0 saturated heterocycles. The van der Waals surface area contributed by atoms with E-state index in [-0.39, 0.29) is 6.61 Å². The van der Waals surface area contributed by atoms with Crippen molar-refractivity contribution in [3.63, 3.8) is 0 Å². The van der Waals surface area contributed by atoms with E-state index in [0.29, 0.717) is 0 Å². The van der Waals surface area contributed by atoms with E-state index in [4.69, 9.17) is 0 Å². The summed E-state index contributed by atoms with van der Waals surface area (Å²) in [5.41, 5.74) is 0. The molecule has 0 aliphatic heterocycles. The van der Waals surface area contributed by atoms with Crippen molar-refractivity contribution in [1.82, 2.24) is 0 Å². The molecule has 0 amide bonds. The molecule has 0 fully saturated rings. The van der Waals surface area contributed by atoms with Gasteiger partial charge in [0, 0.05) is 0 Å². The maximum Gasteiger partial charge on any atom is 0.0822 e. The Hall–Kier alpha value is -0.0400. The molecule has 0 rings (SSSR count). The summed E-state index contributed by atoms with van der Waals surface area (Å²) in [5, 5.41) is 10.0. The first-order valence-corrected chi connectivity index (χ1v) is 4.29. The highest BCUT2D eigenvalue weighted by atomic mass is 16.2. The zero-order valence-corrected chi connectivity index (χ0v) is 6.77. The summed E-state index contributed by atoms with van der Waals surface area (Å²) < 4.78 is 0. The fourth-order valence-corrected chi connectivity index (χ4v) is 0.986. The second-order valence-electron chi connectivity index (χ2n) is 2.68. The van der Waals surface area contributed by atoms with Crippen LogP contribution in [0.5, 0.6) is 0 Å². The van der Waals surface area contributed by atoms with Gasteiger partial charge in [-0.15, -0.1) is 0 Å². The van der Waals surface area contributed by atoms with E-state index in [9.17, 15) is 5.11 Å². The molecule has 0 N–H and O–H groups in total. The first kappa shape index (κ1) is 9.96. The van der Waals surface area contributed by atoms with Crippen LogP contribution in [-0.2, 0) is 5.11 Å². The minimum Gasteiger partial charge on any atom is -0.237 e. The molecule has 0 aliphatic carbocycles. The molecule has 0 bridgehead atoms. The van der Waals surface area contributed by atoms with Gasteiger partial charge < -0.3 is 0 Å². The van der Waals surface area contributed by atoms with Crippen LogP contribution in [0.1, 0.15) is 44.9 Å². The van der Waals surface area contributed by atoms with Crippen LogP contribution in [0.2, 0.25) is 0 Å². The Labute approximate surface area is 64.5 Å². The fourth-order valence-electron chi connectivity index (χ4n) is 0.986. The predicted molar refractivity (Wildman–Crippen MR) is 43.2 cm³/mol. The van der Waals surface area contributed by atoms with Gasteiger partial charge in [-0.05, 0) is 6.42 Å². The highest BCUT2D eigenvalue weighted by Crippen LogP contribution is 2.05. The lowest BCUT2D eigenvalue weighted by atomic mass is 10.1. The van der Waals surface area contributed by atoms with E-state index in [1.807, 2.05) is 0 Å². The third kappa shape index (κ3) is 7.96. The molecular formula is C9H18O. The smallest absolute Gasteiger partial charge is 0.0822 e. The third-order valence-corrected chi connectivity index (χ3v) is 1.64. The van der Waals surface area contributed by atoms with Gasteiger partial charge >= 0.3 is 0 Å². The Kier molecular flexibility index (Phi) is 8.92. The largest absolute Gasteiger partial charge is 0.237 e. The van der Waals surface area contributed by atoms with Crippen molar-refractivity contribution in [2.45, 2.75) is 44.9 Å². The normalized spacial score (nSPS) is 10.2. The van der Waals surface area contributed by atoms with E-state index in [1.165, 1.54) is 25.7 Å². The van der Waals surface area contributed by atoms with Crippen molar-refractivity contribution in [2.24, 2.45) is 0 Å². The number of hydrogen-bond acceptors (Lipinski definition) is 0. The Balaban J connectivity index is 2.65. The topological polar surface area (TPSA) is 19.9 Å². The maximum absolute atomic E-state index is 10.0. The summed E-state index contributed by atoms with van der Waals surface area (Å²) >= 11 is 0. The zero-order chi connectivity index (χ0) is 7.66. The van der Waals surface area contributed by atoms with E-state index in [1.54, 1.807) is 0 Å². The molecule has 60 valence electrons. The summed E-state index contributed by atoms with van der Waals surface area (Å²) in [6.07, 6.45) is 8.12. The zero-order valence-electron chi connectivity index (χ0n) is 6.77. The fraction of sp³-hybridized carbons (Fsp3) is 0.889. The molecule has 2 radical (unpaired) electrons. The van der Waals surface area contributed by atoms with Crippen LogP contribution in [0.15, 0.2) is 0 Å². The number of hydrogen-bond donors (Lipinski definition) is 0. The second kappa shape index (κ2) is 8.96. The molecule has 0 saturated carbocycles. The first-order valence-electron chi connectivity index (χ1n) is 4.29. The van der Waals surface area contributed by atoms with Crippen LogP contribution in [0.3, 0.4) is 0 Å². The molecule has 0 aromatic heterocycles. The standard InChI is InChI=1S/C9H18O/c1-2-3-4-5-6-7-8-9-10/h1-9H2. The van der Waals surface area contributed by atoms with Gasteiger partial charge in [0.15, 0.2) is 0 Å². The van der Waals surface area contributed by atoms with E-state index in [0.717, 1.165) is 19.3 Å². The SMILES string of the molecule is [CH2]CCCCCCCC[O]. The highest BCUT2D eigenvalue weighted by molar-refractivity contribution is 4.45. The minimum absolute atomic E-state index is 0.106.